The van der Waals surface area contributed by atoms with Gasteiger partial charge in [0.1, 0.15) is 5.75 Å². The van der Waals surface area contributed by atoms with Crippen molar-refractivity contribution in [3.63, 3.8) is 0 Å². The molecular weight excluding hydrogens is 506 g/mol. The molecule has 2 aromatic carbocycles. The monoisotopic (exact) mass is 525 g/mol. The number of ether oxygens (including phenoxy) is 1. The number of nitrogens with zero attached hydrogens (tertiary/aromatic N) is 1. The molecule has 0 radical (unpaired) electrons. The number of rotatable bonds is 6. The van der Waals surface area contributed by atoms with E-state index in [1.807, 2.05) is 31.2 Å². The summed E-state index contributed by atoms with van der Waals surface area (Å²) in [4.78, 5) is 25.7. The molecule has 154 valence electrons. The summed E-state index contributed by atoms with van der Waals surface area (Å²) in [5.74, 6) is -0.913. The lowest BCUT2D eigenvalue weighted by Crippen LogP contribution is -2.43. The Hall–Kier alpha value is -2.10. The van der Waals surface area contributed by atoms with Crippen LogP contribution >= 0.6 is 31.9 Å². The van der Waals surface area contributed by atoms with Gasteiger partial charge < -0.3 is 25.4 Å². The molecule has 1 fully saturated rings. The van der Waals surface area contributed by atoms with Gasteiger partial charge in [-0.3, -0.25) is 4.79 Å². The topological polar surface area (TPSA) is 90.9 Å². The number of aliphatic carboxylic acids is 1. The van der Waals surface area contributed by atoms with Crippen LogP contribution in [0.25, 0.3) is 0 Å². The largest absolute Gasteiger partial charge is 0.480 e. The maximum Gasteiger partial charge on any atom is 0.341 e. The van der Waals surface area contributed by atoms with Gasteiger partial charge in [0.25, 0.3) is 5.91 Å². The van der Waals surface area contributed by atoms with Crippen LogP contribution in [-0.2, 0) is 4.79 Å². The summed E-state index contributed by atoms with van der Waals surface area (Å²) in [5, 5.41) is 15.0. The molecule has 0 saturated carbocycles. The normalized spacial score (nSPS) is 13.8. The fraction of sp³-hybridized carbons (Fsp3) is 0.300. The SMILES string of the molecule is Cc1c(NC(=O)c2ccc(N3CCNCC3)cc2)cc(Br)c(OCC(=O)O)c1Br. The number of piperazine rings is 1. The summed E-state index contributed by atoms with van der Waals surface area (Å²) >= 11 is 6.79. The molecule has 1 aliphatic heterocycles. The van der Waals surface area contributed by atoms with Gasteiger partial charge in [0.05, 0.1) is 8.95 Å². The van der Waals surface area contributed by atoms with Gasteiger partial charge in [-0.1, -0.05) is 0 Å². The Morgan fingerprint density at radius 2 is 1.86 bits per heavy atom. The first kappa shape index (κ1) is 21.6. The number of carboxylic acid groups (broad SMARTS) is 1. The number of hydrogen-bond donors (Lipinski definition) is 3. The van der Waals surface area contributed by atoms with Crippen molar-refractivity contribution in [2.75, 3.05) is 43.0 Å². The van der Waals surface area contributed by atoms with Crippen LogP contribution in [0.5, 0.6) is 5.75 Å². The first-order valence-electron chi connectivity index (χ1n) is 9.07. The molecule has 29 heavy (non-hydrogen) atoms. The molecule has 7 nitrogen and oxygen atoms in total. The van der Waals surface area contributed by atoms with Crippen LogP contribution in [0.2, 0.25) is 0 Å². The molecule has 1 amide bonds. The molecule has 1 heterocycles. The molecule has 0 atom stereocenters. The maximum atomic E-state index is 12.7. The van der Waals surface area contributed by atoms with Crippen LogP contribution in [0, 0.1) is 6.92 Å². The first-order valence-corrected chi connectivity index (χ1v) is 10.7. The molecular formula is C20H21Br2N3O4. The van der Waals surface area contributed by atoms with Crippen molar-refractivity contribution in [2.24, 2.45) is 0 Å². The lowest BCUT2D eigenvalue weighted by Gasteiger charge is -2.29. The van der Waals surface area contributed by atoms with E-state index in [9.17, 15) is 9.59 Å². The maximum absolute atomic E-state index is 12.7. The highest BCUT2D eigenvalue weighted by Gasteiger charge is 2.17. The van der Waals surface area contributed by atoms with Crippen molar-refractivity contribution in [2.45, 2.75) is 6.92 Å². The van der Waals surface area contributed by atoms with E-state index in [-0.39, 0.29) is 5.91 Å². The number of benzene rings is 2. The third-order valence-corrected chi connectivity index (χ3v) is 6.16. The fourth-order valence-electron chi connectivity index (χ4n) is 3.03. The number of carbonyl (C=O) groups excluding carboxylic acids is 1. The van der Waals surface area contributed by atoms with Crippen LogP contribution in [0.3, 0.4) is 0 Å². The van der Waals surface area contributed by atoms with E-state index in [0.29, 0.717) is 25.9 Å². The van der Waals surface area contributed by atoms with Crippen LogP contribution in [0.1, 0.15) is 15.9 Å². The second-order valence-corrected chi connectivity index (χ2v) is 8.24. The predicted molar refractivity (Wildman–Crippen MR) is 119 cm³/mol. The summed E-state index contributed by atoms with van der Waals surface area (Å²) in [6.07, 6.45) is 0. The Kier molecular flexibility index (Phi) is 7.15. The molecule has 0 spiro atoms. The van der Waals surface area contributed by atoms with Crippen molar-refractivity contribution >= 4 is 55.1 Å². The highest BCUT2D eigenvalue weighted by atomic mass is 79.9. The number of hydrogen-bond acceptors (Lipinski definition) is 5. The third-order valence-electron chi connectivity index (χ3n) is 4.62. The van der Waals surface area contributed by atoms with E-state index in [2.05, 4.69) is 47.4 Å². The highest BCUT2D eigenvalue weighted by molar-refractivity contribution is 9.11. The van der Waals surface area contributed by atoms with E-state index in [4.69, 9.17) is 9.84 Å². The summed E-state index contributed by atoms with van der Waals surface area (Å²) in [7, 11) is 0. The van der Waals surface area contributed by atoms with Crippen LogP contribution < -0.4 is 20.3 Å². The molecule has 3 N–H and O–H groups in total. The Morgan fingerprint density at radius 3 is 2.48 bits per heavy atom. The summed E-state index contributed by atoms with van der Waals surface area (Å²) in [5.41, 5.74) is 2.99. The van der Waals surface area contributed by atoms with Crippen molar-refractivity contribution in [3.8, 4) is 5.75 Å². The number of carboxylic acids is 1. The molecule has 0 bridgehead atoms. The van der Waals surface area contributed by atoms with E-state index in [1.165, 1.54) is 0 Å². The zero-order chi connectivity index (χ0) is 21.0. The van der Waals surface area contributed by atoms with Gasteiger partial charge in [0, 0.05) is 43.1 Å². The van der Waals surface area contributed by atoms with E-state index in [0.717, 1.165) is 37.4 Å². The molecule has 0 aromatic heterocycles. The minimum atomic E-state index is -1.07. The predicted octanol–water partition coefficient (Wildman–Crippen LogP) is 3.65. The van der Waals surface area contributed by atoms with Crippen molar-refractivity contribution in [3.05, 3.63) is 50.4 Å². The van der Waals surface area contributed by atoms with Gasteiger partial charge in [0.2, 0.25) is 0 Å². The van der Waals surface area contributed by atoms with Gasteiger partial charge in [-0.25, -0.2) is 4.79 Å². The minimum absolute atomic E-state index is 0.224. The van der Waals surface area contributed by atoms with E-state index in [1.54, 1.807) is 6.07 Å². The first-order chi connectivity index (χ1) is 13.9. The Bertz CT molecular complexity index is 913. The lowest BCUT2D eigenvalue weighted by atomic mass is 10.1. The smallest absolute Gasteiger partial charge is 0.341 e. The van der Waals surface area contributed by atoms with Crippen LogP contribution in [0.4, 0.5) is 11.4 Å². The third kappa shape index (κ3) is 5.29. The lowest BCUT2D eigenvalue weighted by molar-refractivity contribution is -0.139. The quantitative estimate of drug-likeness (QED) is 0.532. The summed E-state index contributed by atoms with van der Waals surface area (Å²) in [6.45, 7) is 5.16. The van der Waals surface area contributed by atoms with Gasteiger partial charge in [-0.15, -0.1) is 0 Å². The fourth-order valence-corrected chi connectivity index (χ4v) is 4.38. The van der Waals surface area contributed by atoms with Gasteiger partial charge in [0.15, 0.2) is 6.61 Å². The number of anilines is 2. The average molecular weight is 527 g/mol. The Labute approximate surface area is 185 Å². The highest BCUT2D eigenvalue weighted by Crippen LogP contribution is 2.40. The standard InChI is InChI=1S/C20H21Br2N3O4/c1-12-16(10-15(21)19(18(12)22)29-11-17(26)27)24-20(28)13-2-4-14(5-3-13)25-8-6-23-7-9-25/h2-5,10,23H,6-9,11H2,1H3,(H,24,28)(H,26,27). The van der Waals surface area contributed by atoms with Crippen molar-refractivity contribution in [1.29, 1.82) is 0 Å². The molecule has 0 unspecified atom stereocenters. The Balaban J connectivity index is 1.73. The zero-order valence-corrected chi connectivity index (χ0v) is 19.0. The van der Waals surface area contributed by atoms with Gasteiger partial charge in [-0.05, 0) is 74.7 Å². The zero-order valence-electron chi connectivity index (χ0n) is 15.8. The van der Waals surface area contributed by atoms with Crippen molar-refractivity contribution < 1.29 is 19.4 Å². The second-order valence-electron chi connectivity index (χ2n) is 6.59. The number of amides is 1. The number of halogens is 2. The van der Waals surface area contributed by atoms with Crippen LogP contribution in [-0.4, -0.2) is 49.8 Å². The summed E-state index contributed by atoms with van der Waals surface area (Å²) in [6, 6.07) is 9.25. The van der Waals surface area contributed by atoms with Gasteiger partial charge in [-0.2, -0.15) is 0 Å². The van der Waals surface area contributed by atoms with Crippen molar-refractivity contribution in [1.82, 2.24) is 5.32 Å². The molecule has 0 aliphatic carbocycles. The molecule has 2 aromatic rings. The summed E-state index contributed by atoms with van der Waals surface area (Å²) < 4.78 is 6.43. The number of nitrogens with one attached hydrogen (secondary N) is 2. The van der Waals surface area contributed by atoms with Crippen LogP contribution in [0.15, 0.2) is 39.3 Å². The Morgan fingerprint density at radius 1 is 1.21 bits per heavy atom. The average Bonchev–Trinajstić information content (AvgIpc) is 2.72. The minimum Gasteiger partial charge on any atom is -0.480 e. The number of carbonyl (C=O) groups is 2. The van der Waals surface area contributed by atoms with Gasteiger partial charge >= 0.3 is 5.97 Å². The molecule has 9 heteroatoms. The molecule has 1 aliphatic rings. The second kappa shape index (κ2) is 9.60. The van der Waals surface area contributed by atoms with E-state index < -0.39 is 12.6 Å². The van der Waals surface area contributed by atoms with E-state index >= 15 is 0 Å². The molecule has 3 rings (SSSR count). The molecule has 1 saturated heterocycles.